The molecular weight excluding hydrogens is 226 g/mol. The van der Waals surface area contributed by atoms with Crippen molar-refractivity contribution in [2.75, 3.05) is 18.0 Å². The Morgan fingerprint density at radius 2 is 2.33 bits per heavy atom. The van der Waals surface area contributed by atoms with Gasteiger partial charge in [0.05, 0.1) is 12.3 Å². The van der Waals surface area contributed by atoms with Crippen LogP contribution >= 0.6 is 0 Å². The molecular formula is C14H19N3O. The average molecular weight is 245 g/mol. The molecule has 0 radical (unpaired) electrons. The van der Waals surface area contributed by atoms with E-state index >= 15 is 0 Å². The third-order valence-electron chi connectivity index (χ3n) is 2.90. The Hall–Kier alpha value is -1.81. The lowest BCUT2D eigenvalue weighted by atomic mass is 10.3. The molecule has 0 bridgehead atoms. The minimum Gasteiger partial charge on any atom is -0.390 e. The summed E-state index contributed by atoms with van der Waals surface area (Å²) in [4.78, 5) is 6.75. The van der Waals surface area contributed by atoms with Crippen LogP contribution < -0.4 is 4.90 Å². The van der Waals surface area contributed by atoms with E-state index < -0.39 is 0 Å². The van der Waals surface area contributed by atoms with Crippen LogP contribution in [0.2, 0.25) is 0 Å². The Bertz CT molecular complexity index is 533. The molecule has 4 heteroatoms. The van der Waals surface area contributed by atoms with E-state index in [1.54, 1.807) is 0 Å². The van der Waals surface area contributed by atoms with Gasteiger partial charge in [-0.1, -0.05) is 19.1 Å². The molecule has 0 aromatic carbocycles. The summed E-state index contributed by atoms with van der Waals surface area (Å²) in [5.74, 6) is 0.852. The summed E-state index contributed by atoms with van der Waals surface area (Å²) < 4.78 is 1.93. The zero-order valence-corrected chi connectivity index (χ0v) is 10.7. The summed E-state index contributed by atoms with van der Waals surface area (Å²) in [6.07, 6.45) is 4.82. The highest BCUT2D eigenvalue weighted by Crippen LogP contribution is 2.22. The minimum atomic E-state index is -0.0160. The lowest BCUT2D eigenvalue weighted by Gasteiger charge is -2.21. The molecule has 4 nitrogen and oxygen atoms in total. The van der Waals surface area contributed by atoms with Crippen molar-refractivity contribution in [3.05, 3.63) is 42.7 Å². The van der Waals surface area contributed by atoms with Gasteiger partial charge in [0.2, 0.25) is 0 Å². The van der Waals surface area contributed by atoms with Gasteiger partial charge in [0, 0.05) is 19.3 Å². The number of pyridine rings is 1. The van der Waals surface area contributed by atoms with Gasteiger partial charge in [-0.2, -0.15) is 0 Å². The van der Waals surface area contributed by atoms with Gasteiger partial charge in [-0.05, 0) is 18.6 Å². The maximum absolute atomic E-state index is 9.58. The molecule has 0 fully saturated rings. The number of anilines is 1. The number of aliphatic hydroxyl groups is 1. The smallest absolute Gasteiger partial charge is 0.153 e. The number of rotatable bonds is 6. The summed E-state index contributed by atoms with van der Waals surface area (Å²) in [7, 11) is 0. The van der Waals surface area contributed by atoms with Gasteiger partial charge in [-0.25, -0.2) is 4.98 Å². The first kappa shape index (κ1) is 12.6. The van der Waals surface area contributed by atoms with E-state index in [-0.39, 0.29) is 6.61 Å². The first-order chi connectivity index (χ1) is 8.81. The van der Waals surface area contributed by atoms with Crippen LogP contribution in [0, 0.1) is 0 Å². The molecule has 0 saturated heterocycles. The van der Waals surface area contributed by atoms with Crippen LogP contribution in [0.1, 0.15) is 19.0 Å². The first-order valence-corrected chi connectivity index (χ1v) is 6.24. The number of hydrogen-bond acceptors (Lipinski definition) is 3. The van der Waals surface area contributed by atoms with Gasteiger partial charge in [0.1, 0.15) is 5.65 Å². The van der Waals surface area contributed by atoms with Crippen LogP contribution in [-0.2, 0) is 6.61 Å². The van der Waals surface area contributed by atoms with Crippen molar-refractivity contribution in [2.45, 2.75) is 20.0 Å². The average Bonchev–Trinajstić information content (AvgIpc) is 2.76. The van der Waals surface area contributed by atoms with E-state index in [0.717, 1.165) is 36.7 Å². The number of fused-ring (bicyclic) bond motifs is 1. The van der Waals surface area contributed by atoms with Crippen molar-refractivity contribution in [1.29, 1.82) is 0 Å². The van der Waals surface area contributed by atoms with Gasteiger partial charge in [0.25, 0.3) is 0 Å². The van der Waals surface area contributed by atoms with Gasteiger partial charge in [0.15, 0.2) is 5.82 Å². The summed E-state index contributed by atoms with van der Waals surface area (Å²) in [5.41, 5.74) is 1.70. The van der Waals surface area contributed by atoms with Crippen molar-refractivity contribution < 1.29 is 5.11 Å². The Morgan fingerprint density at radius 1 is 1.50 bits per heavy atom. The summed E-state index contributed by atoms with van der Waals surface area (Å²) in [6.45, 7) is 7.54. The highest BCUT2D eigenvalue weighted by atomic mass is 16.3. The fourth-order valence-corrected chi connectivity index (χ4v) is 2.14. The molecule has 0 spiro atoms. The second-order valence-electron chi connectivity index (χ2n) is 4.20. The molecule has 0 aliphatic carbocycles. The second-order valence-corrected chi connectivity index (χ2v) is 4.20. The number of nitrogens with zero attached hydrogens (tertiary/aromatic N) is 3. The van der Waals surface area contributed by atoms with Gasteiger partial charge in [-0.3, -0.25) is 4.40 Å². The summed E-state index contributed by atoms with van der Waals surface area (Å²) in [6, 6.07) is 5.83. The Morgan fingerprint density at radius 3 is 3.00 bits per heavy atom. The first-order valence-electron chi connectivity index (χ1n) is 6.24. The number of aromatic nitrogens is 2. The number of aliphatic hydroxyl groups excluding tert-OH is 1. The van der Waals surface area contributed by atoms with Gasteiger partial charge in [-0.15, -0.1) is 6.58 Å². The van der Waals surface area contributed by atoms with Crippen LogP contribution in [0.15, 0.2) is 37.1 Å². The molecule has 2 aromatic rings. The van der Waals surface area contributed by atoms with Crippen LogP contribution in [0.5, 0.6) is 0 Å². The van der Waals surface area contributed by atoms with Crippen molar-refractivity contribution in [1.82, 2.24) is 9.38 Å². The second kappa shape index (κ2) is 5.69. The van der Waals surface area contributed by atoms with Crippen LogP contribution in [-0.4, -0.2) is 27.6 Å². The lowest BCUT2D eigenvalue weighted by molar-refractivity contribution is 0.276. The molecule has 2 heterocycles. The van der Waals surface area contributed by atoms with Crippen molar-refractivity contribution in [3.8, 4) is 0 Å². The highest BCUT2D eigenvalue weighted by molar-refractivity contribution is 5.56. The van der Waals surface area contributed by atoms with E-state index in [9.17, 15) is 5.11 Å². The van der Waals surface area contributed by atoms with E-state index in [1.807, 2.05) is 34.9 Å². The van der Waals surface area contributed by atoms with Gasteiger partial charge >= 0.3 is 0 Å². The number of hydrogen-bond donors (Lipinski definition) is 1. The molecule has 2 aromatic heterocycles. The Balaban J connectivity index is 2.50. The zero-order valence-electron chi connectivity index (χ0n) is 10.7. The zero-order chi connectivity index (χ0) is 13.0. The van der Waals surface area contributed by atoms with Crippen LogP contribution in [0.4, 0.5) is 5.82 Å². The quantitative estimate of drug-likeness (QED) is 0.793. The van der Waals surface area contributed by atoms with Crippen molar-refractivity contribution >= 4 is 11.5 Å². The maximum atomic E-state index is 9.58. The molecule has 0 saturated carbocycles. The van der Waals surface area contributed by atoms with E-state index in [1.165, 1.54) is 0 Å². The molecule has 0 amide bonds. The third-order valence-corrected chi connectivity index (χ3v) is 2.90. The van der Waals surface area contributed by atoms with Gasteiger partial charge < -0.3 is 10.0 Å². The predicted octanol–water partition coefficient (Wildman–Crippen LogP) is 2.23. The number of imidazole rings is 1. The molecule has 0 atom stereocenters. The van der Waals surface area contributed by atoms with Crippen molar-refractivity contribution in [3.63, 3.8) is 0 Å². The van der Waals surface area contributed by atoms with E-state index in [0.29, 0.717) is 0 Å². The molecule has 0 aliphatic heterocycles. The molecule has 0 unspecified atom stereocenters. The van der Waals surface area contributed by atoms with E-state index in [2.05, 4.69) is 23.4 Å². The van der Waals surface area contributed by atoms with Crippen LogP contribution in [0.3, 0.4) is 0 Å². The Kier molecular flexibility index (Phi) is 3.99. The topological polar surface area (TPSA) is 40.8 Å². The fraction of sp³-hybridized carbons (Fsp3) is 0.357. The minimum absolute atomic E-state index is 0.0160. The fourth-order valence-electron chi connectivity index (χ4n) is 2.14. The summed E-state index contributed by atoms with van der Waals surface area (Å²) >= 11 is 0. The molecule has 1 N–H and O–H groups in total. The Labute approximate surface area is 107 Å². The molecule has 0 aliphatic rings. The normalized spacial score (nSPS) is 10.8. The highest BCUT2D eigenvalue weighted by Gasteiger charge is 2.15. The van der Waals surface area contributed by atoms with Crippen molar-refractivity contribution in [2.24, 2.45) is 0 Å². The molecule has 96 valence electrons. The lowest BCUT2D eigenvalue weighted by Crippen LogP contribution is -2.25. The molecule has 18 heavy (non-hydrogen) atoms. The molecule has 2 rings (SSSR count). The maximum Gasteiger partial charge on any atom is 0.153 e. The SMILES string of the molecule is C=CCN(CCC)c1nc2ccccn2c1CO. The largest absolute Gasteiger partial charge is 0.390 e. The standard InChI is InChI=1S/C14H19N3O/c1-3-8-16(9-4-2)14-12(11-18)17-10-6-5-7-13(17)15-14/h3,5-7,10,18H,1,4,8-9,11H2,2H3. The summed E-state index contributed by atoms with van der Waals surface area (Å²) in [5, 5.41) is 9.58. The third kappa shape index (κ3) is 2.24. The van der Waals surface area contributed by atoms with E-state index in [4.69, 9.17) is 0 Å². The monoisotopic (exact) mass is 245 g/mol. The van der Waals surface area contributed by atoms with Crippen LogP contribution in [0.25, 0.3) is 5.65 Å². The predicted molar refractivity (Wildman–Crippen MR) is 73.8 cm³/mol.